The van der Waals surface area contributed by atoms with E-state index in [2.05, 4.69) is 10.1 Å². The molecule has 0 N–H and O–H groups in total. The van der Waals surface area contributed by atoms with Gasteiger partial charge in [0.25, 0.3) is 5.91 Å². The fourth-order valence-electron chi connectivity index (χ4n) is 3.50. The molecule has 1 aliphatic rings. The van der Waals surface area contributed by atoms with E-state index in [0.29, 0.717) is 22.6 Å². The van der Waals surface area contributed by atoms with Gasteiger partial charge in [-0.05, 0) is 43.7 Å². The summed E-state index contributed by atoms with van der Waals surface area (Å²) in [6.07, 6.45) is -3.28. The first-order chi connectivity index (χ1) is 16.2. The number of rotatable bonds is 5. The van der Waals surface area contributed by atoms with Crippen LogP contribution in [0.4, 0.5) is 17.6 Å². The zero-order valence-electron chi connectivity index (χ0n) is 18.8. The number of halogens is 4. The van der Waals surface area contributed by atoms with Crippen LogP contribution in [0.3, 0.4) is 0 Å². The predicted octanol–water partition coefficient (Wildman–Crippen LogP) is 3.60. The van der Waals surface area contributed by atoms with Gasteiger partial charge in [0.1, 0.15) is 11.6 Å². The fourth-order valence-corrected chi connectivity index (χ4v) is 4.15. The number of benzene rings is 1. The number of pyridine rings is 1. The maximum Gasteiger partial charge on any atom is 0.425 e. The molecule has 1 atom stereocenters. The van der Waals surface area contributed by atoms with Crippen molar-refractivity contribution in [1.82, 2.24) is 19.7 Å². The van der Waals surface area contributed by atoms with Gasteiger partial charge in [0.05, 0.1) is 28.9 Å². The monoisotopic (exact) mass is 512 g/mol. The van der Waals surface area contributed by atoms with E-state index >= 15 is 0 Å². The molecule has 3 aromatic rings. The third-order valence-electron chi connectivity index (χ3n) is 5.51. The number of aryl methyl sites for hydroxylation is 1. The van der Waals surface area contributed by atoms with Crippen LogP contribution in [0.15, 0.2) is 41.6 Å². The molecule has 0 saturated carbocycles. The summed E-state index contributed by atoms with van der Waals surface area (Å²) >= 11 is 0. The summed E-state index contributed by atoms with van der Waals surface area (Å²) < 4.78 is 83.1. The van der Waals surface area contributed by atoms with Crippen LogP contribution in [0.1, 0.15) is 34.1 Å². The smallest absolute Gasteiger partial charge is 0.425 e. The molecule has 0 bridgehead atoms. The molecule has 0 fully saturated rings. The summed E-state index contributed by atoms with van der Waals surface area (Å²) in [4.78, 5) is 18.3. The van der Waals surface area contributed by atoms with Crippen molar-refractivity contribution in [2.24, 2.45) is 0 Å². The highest BCUT2D eigenvalue weighted by atomic mass is 32.2. The Labute approximate surface area is 198 Å². The number of sulfone groups is 1. The normalized spacial score (nSPS) is 14.7. The number of ether oxygens (including phenoxy) is 1. The number of carbonyl (C=O) groups is 1. The van der Waals surface area contributed by atoms with Crippen molar-refractivity contribution >= 4 is 15.7 Å². The number of carbonyl (C=O) groups excluding carboxylic acids is 1. The number of fused-ring (bicyclic) bond motifs is 1. The first-order valence-corrected chi connectivity index (χ1v) is 12.2. The molecule has 0 radical (unpaired) electrons. The van der Waals surface area contributed by atoms with Gasteiger partial charge in [0, 0.05) is 24.6 Å². The van der Waals surface area contributed by atoms with E-state index < -0.39 is 33.8 Å². The second-order valence-electron chi connectivity index (χ2n) is 8.23. The summed E-state index contributed by atoms with van der Waals surface area (Å²) in [6, 6.07) is 4.66. The zero-order valence-corrected chi connectivity index (χ0v) is 19.6. The Morgan fingerprint density at radius 2 is 1.91 bits per heavy atom. The van der Waals surface area contributed by atoms with Gasteiger partial charge >= 0.3 is 6.18 Å². The molecular weight excluding hydrogens is 492 g/mol. The number of aromatic nitrogens is 3. The van der Waals surface area contributed by atoms with E-state index in [0.717, 1.165) is 37.6 Å². The van der Waals surface area contributed by atoms with E-state index in [1.54, 1.807) is 13.1 Å². The fraction of sp³-hybridized carbons (Fsp3) is 0.318. The van der Waals surface area contributed by atoms with Crippen LogP contribution < -0.4 is 4.74 Å². The van der Waals surface area contributed by atoms with Gasteiger partial charge in [0.2, 0.25) is 0 Å². The van der Waals surface area contributed by atoms with Crippen LogP contribution in [-0.2, 0) is 22.9 Å². The third kappa shape index (κ3) is 4.99. The summed E-state index contributed by atoms with van der Waals surface area (Å²) in [5.41, 5.74) is 1.26. The standard InChI is InChI=1S/C22H20F4N4O4S/c1-12-6-20(27-8-17(12)23)30-10-14-9-29(11-18(14)28-30)21(31)16-7-15(35(3,32)33)4-5-19(16)34-13(2)22(24,25)26/h4-8,10,13H,9,11H2,1-3H3/t13-/m0/s1. The predicted molar refractivity (Wildman–Crippen MR) is 115 cm³/mol. The minimum atomic E-state index is -4.68. The largest absolute Gasteiger partial charge is 0.480 e. The molecule has 8 nitrogen and oxygen atoms in total. The van der Waals surface area contributed by atoms with Crippen molar-refractivity contribution < 1.29 is 35.5 Å². The molecule has 0 spiro atoms. The molecule has 35 heavy (non-hydrogen) atoms. The molecule has 2 aromatic heterocycles. The lowest BCUT2D eigenvalue weighted by molar-refractivity contribution is -0.189. The highest BCUT2D eigenvalue weighted by Gasteiger charge is 2.39. The Hall–Kier alpha value is -3.48. The first kappa shape index (κ1) is 24.6. The lowest BCUT2D eigenvalue weighted by Gasteiger charge is -2.22. The lowest BCUT2D eigenvalue weighted by atomic mass is 10.1. The number of hydrogen-bond donors (Lipinski definition) is 0. The molecule has 0 saturated heterocycles. The van der Waals surface area contributed by atoms with Crippen molar-refractivity contribution in [1.29, 1.82) is 0 Å². The van der Waals surface area contributed by atoms with E-state index in [1.165, 1.54) is 15.6 Å². The van der Waals surface area contributed by atoms with Gasteiger partial charge in [-0.2, -0.15) is 18.3 Å². The average Bonchev–Trinajstić information content (AvgIpc) is 3.33. The van der Waals surface area contributed by atoms with Gasteiger partial charge in [-0.1, -0.05) is 0 Å². The van der Waals surface area contributed by atoms with E-state index in [1.807, 2.05) is 0 Å². The quantitative estimate of drug-likeness (QED) is 0.485. The van der Waals surface area contributed by atoms with E-state index in [-0.39, 0.29) is 29.3 Å². The minimum Gasteiger partial charge on any atom is -0.480 e. The molecule has 1 aliphatic heterocycles. The summed E-state index contributed by atoms with van der Waals surface area (Å²) in [6.45, 7) is 2.48. The first-order valence-electron chi connectivity index (χ1n) is 10.3. The van der Waals surface area contributed by atoms with Crippen LogP contribution in [0.5, 0.6) is 5.75 Å². The van der Waals surface area contributed by atoms with Gasteiger partial charge in [-0.15, -0.1) is 0 Å². The van der Waals surface area contributed by atoms with Crippen molar-refractivity contribution in [3.8, 4) is 11.6 Å². The van der Waals surface area contributed by atoms with Crippen LogP contribution in [0.25, 0.3) is 5.82 Å². The SMILES string of the molecule is Cc1cc(-n2cc3c(n2)CN(C(=O)c2cc(S(C)(=O)=O)ccc2O[C@@H](C)C(F)(F)F)C3)ncc1F. The lowest BCUT2D eigenvalue weighted by Crippen LogP contribution is -2.33. The molecule has 0 aliphatic carbocycles. The highest BCUT2D eigenvalue weighted by molar-refractivity contribution is 7.90. The number of nitrogens with zero attached hydrogens (tertiary/aromatic N) is 4. The van der Waals surface area contributed by atoms with Gasteiger partial charge in [0.15, 0.2) is 21.8 Å². The van der Waals surface area contributed by atoms with Gasteiger partial charge < -0.3 is 9.64 Å². The van der Waals surface area contributed by atoms with Gasteiger partial charge in [-0.3, -0.25) is 4.79 Å². The molecule has 0 unspecified atom stereocenters. The maximum atomic E-state index is 13.5. The van der Waals surface area contributed by atoms with Crippen LogP contribution in [0, 0.1) is 12.7 Å². The Bertz CT molecular complexity index is 1400. The van der Waals surface area contributed by atoms with E-state index in [9.17, 15) is 30.8 Å². The van der Waals surface area contributed by atoms with Crippen molar-refractivity contribution in [3.05, 3.63) is 64.9 Å². The van der Waals surface area contributed by atoms with E-state index in [4.69, 9.17) is 4.74 Å². The average molecular weight is 512 g/mol. The summed E-state index contributed by atoms with van der Waals surface area (Å²) in [7, 11) is -3.74. The Morgan fingerprint density at radius 1 is 1.20 bits per heavy atom. The second kappa shape index (κ2) is 8.63. The summed E-state index contributed by atoms with van der Waals surface area (Å²) in [5, 5.41) is 4.38. The van der Waals surface area contributed by atoms with Crippen LogP contribution in [-0.4, -0.2) is 52.5 Å². The number of amides is 1. The highest BCUT2D eigenvalue weighted by Crippen LogP contribution is 2.32. The zero-order chi connectivity index (χ0) is 25.7. The van der Waals surface area contributed by atoms with Crippen LogP contribution >= 0.6 is 0 Å². The minimum absolute atomic E-state index is 0.0265. The molecule has 4 rings (SSSR count). The second-order valence-corrected chi connectivity index (χ2v) is 10.2. The summed E-state index contributed by atoms with van der Waals surface area (Å²) in [5.74, 6) is -1.17. The number of hydrogen-bond acceptors (Lipinski definition) is 6. The Morgan fingerprint density at radius 3 is 2.51 bits per heavy atom. The Balaban J connectivity index is 1.62. The molecule has 3 heterocycles. The maximum absolute atomic E-state index is 13.5. The van der Waals surface area contributed by atoms with Crippen molar-refractivity contribution in [2.45, 2.75) is 44.1 Å². The molecule has 1 aromatic carbocycles. The molecular formula is C22H20F4N4O4S. The van der Waals surface area contributed by atoms with Crippen molar-refractivity contribution in [2.75, 3.05) is 6.26 Å². The molecule has 1 amide bonds. The van der Waals surface area contributed by atoms with Gasteiger partial charge in [-0.25, -0.2) is 22.5 Å². The third-order valence-corrected chi connectivity index (χ3v) is 6.62. The van der Waals surface area contributed by atoms with Crippen molar-refractivity contribution in [3.63, 3.8) is 0 Å². The topological polar surface area (TPSA) is 94.4 Å². The molecule has 186 valence electrons. The molecule has 13 heteroatoms. The number of alkyl halides is 3. The Kier molecular flexibility index (Phi) is 6.07. The van der Waals surface area contributed by atoms with Crippen LogP contribution in [0.2, 0.25) is 0 Å².